The van der Waals surface area contributed by atoms with Crippen molar-refractivity contribution >= 4 is 17.4 Å². The van der Waals surface area contributed by atoms with Crippen molar-refractivity contribution in [2.24, 2.45) is 0 Å². The van der Waals surface area contributed by atoms with Crippen LogP contribution in [0.1, 0.15) is 80.3 Å². The molecular formula is C34H38ClF2NO5. The summed E-state index contributed by atoms with van der Waals surface area (Å²) in [6.07, 6.45) is 3.02. The number of carbonyl (C=O) groups is 1. The van der Waals surface area contributed by atoms with E-state index < -0.39 is 28.8 Å². The summed E-state index contributed by atoms with van der Waals surface area (Å²) in [5, 5.41) is 23.0. The first kappa shape index (κ1) is 31.4. The van der Waals surface area contributed by atoms with Crippen molar-refractivity contribution in [3.8, 4) is 22.6 Å². The van der Waals surface area contributed by atoms with Gasteiger partial charge in [0.1, 0.15) is 18.2 Å². The lowest BCUT2D eigenvalue weighted by molar-refractivity contribution is 0.00890. The number of rotatable bonds is 10. The van der Waals surface area contributed by atoms with Gasteiger partial charge in [-0.1, -0.05) is 55.8 Å². The molecule has 0 unspecified atom stereocenters. The van der Waals surface area contributed by atoms with E-state index in [1.165, 1.54) is 18.2 Å². The molecule has 1 saturated carbocycles. The topological polar surface area (TPSA) is 88.0 Å². The molecule has 1 aliphatic carbocycles. The number of aliphatic hydroxyl groups excluding tert-OH is 1. The van der Waals surface area contributed by atoms with Gasteiger partial charge in [0.05, 0.1) is 17.2 Å². The van der Waals surface area contributed by atoms with E-state index in [-0.39, 0.29) is 64.7 Å². The summed E-state index contributed by atoms with van der Waals surface area (Å²) in [6.45, 7) is 5.33. The Morgan fingerprint density at radius 1 is 1.14 bits per heavy atom. The molecule has 1 fully saturated rings. The van der Waals surface area contributed by atoms with Crippen LogP contribution in [0.2, 0.25) is 5.02 Å². The van der Waals surface area contributed by atoms with Gasteiger partial charge >= 0.3 is 0 Å². The molecule has 2 aliphatic rings. The number of fused-ring (bicyclic) bond motifs is 1. The van der Waals surface area contributed by atoms with Crippen LogP contribution in [0.15, 0.2) is 48.5 Å². The van der Waals surface area contributed by atoms with Crippen LogP contribution in [0, 0.1) is 11.6 Å². The number of aliphatic hydroxyl groups is 2. The molecule has 3 N–H and O–H groups in total. The van der Waals surface area contributed by atoms with Gasteiger partial charge in [0.15, 0.2) is 23.0 Å². The summed E-state index contributed by atoms with van der Waals surface area (Å²) in [7, 11) is 0. The van der Waals surface area contributed by atoms with Crippen molar-refractivity contribution in [1.82, 2.24) is 5.32 Å². The van der Waals surface area contributed by atoms with Crippen molar-refractivity contribution in [3.05, 3.63) is 81.9 Å². The SMILES string of the molecule is CCC(=O)c1ccc(OCCO)c(F)c1-c1c(Cl)c(F)cc2c1[C@H](C)[C@@](CNC1CCC(C)(O)CC1)(c1ccccc1)O2. The number of benzene rings is 3. The zero-order valence-corrected chi connectivity index (χ0v) is 25.4. The Morgan fingerprint density at radius 3 is 2.49 bits per heavy atom. The predicted octanol–water partition coefficient (Wildman–Crippen LogP) is 6.92. The molecule has 9 heteroatoms. The lowest BCUT2D eigenvalue weighted by Gasteiger charge is -2.38. The third kappa shape index (κ3) is 5.90. The van der Waals surface area contributed by atoms with Crippen LogP contribution in [0.3, 0.4) is 0 Å². The molecule has 0 amide bonds. The number of hydrogen-bond acceptors (Lipinski definition) is 6. The van der Waals surface area contributed by atoms with E-state index in [2.05, 4.69) is 5.32 Å². The second-order valence-corrected chi connectivity index (χ2v) is 12.2. The number of carbonyl (C=O) groups excluding carboxylic acids is 1. The number of Topliss-reactive ketones (excluding diaryl/α,β-unsaturated/α-hetero) is 1. The van der Waals surface area contributed by atoms with Gasteiger partial charge in [-0.3, -0.25) is 4.79 Å². The smallest absolute Gasteiger partial charge is 0.173 e. The van der Waals surface area contributed by atoms with E-state index in [9.17, 15) is 15.0 Å². The average Bonchev–Trinajstić information content (AvgIpc) is 3.28. The molecule has 0 radical (unpaired) electrons. The fraction of sp³-hybridized carbons (Fsp3) is 0.441. The molecule has 43 heavy (non-hydrogen) atoms. The number of nitrogens with one attached hydrogen (secondary N) is 1. The highest BCUT2D eigenvalue weighted by Gasteiger charge is 2.50. The van der Waals surface area contributed by atoms with Crippen molar-refractivity contribution < 1.29 is 33.3 Å². The second kappa shape index (κ2) is 12.5. The maximum absolute atomic E-state index is 16.3. The van der Waals surface area contributed by atoms with Crippen molar-refractivity contribution in [3.63, 3.8) is 0 Å². The zero-order chi connectivity index (χ0) is 30.9. The summed E-state index contributed by atoms with van der Waals surface area (Å²) in [5.41, 5.74) is -0.383. The summed E-state index contributed by atoms with van der Waals surface area (Å²) in [4.78, 5) is 13.1. The standard InChI is InChI=1S/C34H38ClF2NO5/c1-4-25(40)23-10-11-26(42-17-16-39)32(37)29(23)30-28-20(2)34(21-8-6-5-7-9-21,43-27(28)18-24(36)31(30)35)19-38-22-12-14-33(3,41)15-13-22/h5-11,18,20,22,38-39,41H,4,12-17,19H2,1-3H3/t20-,22?,33?,34-/m0/s1. The Hall–Kier alpha value is -3.04. The van der Waals surface area contributed by atoms with E-state index in [0.29, 0.717) is 24.9 Å². The Bertz CT molecular complexity index is 1490. The Balaban J connectivity index is 1.66. The predicted molar refractivity (Wildman–Crippen MR) is 162 cm³/mol. The van der Waals surface area contributed by atoms with Gasteiger partial charge in [-0.25, -0.2) is 8.78 Å². The number of ketones is 1. The highest BCUT2D eigenvalue weighted by atomic mass is 35.5. The summed E-state index contributed by atoms with van der Waals surface area (Å²) < 4.78 is 44.0. The molecule has 0 bridgehead atoms. The van der Waals surface area contributed by atoms with E-state index in [1.54, 1.807) is 6.92 Å². The number of halogens is 3. The van der Waals surface area contributed by atoms with Gasteiger partial charge in [-0.15, -0.1) is 0 Å². The minimum atomic E-state index is -1.01. The van der Waals surface area contributed by atoms with E-state index in [0.717, 1.165) is 18.4 Å². The van der Waals surface area contributed by atoms with Gasteiger partial charge < -0.3 is 25.0 Å². The lowest BCUT2D eigenvalue weighted by Crippen LogP contribution is -2.49. The normalized spacial score (nSPS) is 24.8. The van der Waals surface area contributed by atoms with Crippen LogP contribution in [-0.4, -0.2) is 47.4 Å². The van der Waals surface area contributed by atoms with Crippen LogP contribution in [-0.2, 0) is 5.60 Å². The second-order valence-electron chi connectivity index (χ2n) is 11.8. The third-order valence-electron chi connectivity index (χ3n) is 8.95. The molecule has 5 rings (SSSR count). The maximum Gasteiger partial charge on any atom is 0.173 e. The maximum atomic E-state index is 16.3. The fourth-order valence-corrected chi connectivity index (χ4v) is 6.70. The lowest BCUT2D eigenvalue weighted by atomic mass is 9.76. The molecule has 1 aliphatic heterocycles. The molecule has 0 saturated heterocycles. The van der Waals surface area contributed by atoms with Crippen LogP contribution < -0.4 is 14.8 Å². The highest BCUT2D eigenvalue weighted by Crippen LogP contribution is 2.56. The van der Waals surface area contributed by atoms with Gasteiger partial charge in [0.2, 0.25) is 0 Å². The van der Waals surface area contributed by atoms with E-state index >= 15 is 8.78 Å². The first-order valence-electron chi connectivity index (χ1n) is 14.8. The molecule has 0 spiro atoms. The zero-order valence-electron chi connectivity index (χ0n) is 24.7. The van der Waals surface area contributed by atoms with Crippen molar-refractivity contribution in [2.75, 3.05) is 19.8 Å². The molecule has 6 nitrogen and oxygen atoms in total. The molecule has 2 atom stereocenters. The largest absolute Gasteiger partial charge is 0.488 e. The quantitative estimate of drug-likeness (QED) is 0.215. The molecule has 3 aromatic carbocycles. The first-order valence-corrected chi connectivity index (χ1v) is 15.2. The summed E-state index contributed by atoms with van der Waals surface area (Å²) >= 11 is 6.66. The van der Waals surface area contributed by atoms with Gasteiger partial charge in [-0.05, 0) is 50.3 Å². The van der Waals surface area contributed by atoms with Crippen molar-refractivity contribution in [2.45, 2.75) is 76.0 Å². The van der Waals surface area contributed by atoms with Crippen LogP contribution in [0.4, 0.5) is 8.78 Å². The third-order valence-corrected chi connectivity index (χ3v) is 9.32. The fourth-order valence-electron chi connectivity index (χ4n) is 6.45. The summed E-state index contributed by atoms with van der Waals surface area (Å²) in [5.74, 6) is -2.42. The van der Waals surface area contributed by atoms with E-state index in [1.807, 2.05) is 44.2 Å². The molecular weight excluding hydrogens is 576 g/mol. The van der Waals surface area contributed by atoms with Crippen LogP contribution in [0.5, 0.6) is 11.5 Å². The first-order chi connectivity index (χ1) is 20.5. The summed E-state index contributed by atoms with van der Waals surface area (Å²) in [6, 6.07) is 13.8. The average molecular weight is 614 g/mol. The van der Waals surface area contributed by atoms with Crippen LogP contribution >= 0.6 is 11.6 Å². The Morgan fingerprint density at radius 2 is 1.84 bits per heavy atom. The highest BCUT2D eigenvalue weighted by molar-refractivity contribution is 6.34. The van der Waals surface area contributed by atoms with Gasteiger partial charge in [-0.2, -0.15) is 0 Å². The Labute approximate surface area is 256 Å². The van der Waals surface area contributed by atoms with Crippen molar-refractivity contribution in [1.29, 1.82) is 0 Å². The molecule has 1 heterocycles. The van der Waals surface area contributed by atoms with E-state index in [4.69, 9.17) is 21.1 Å². The molecule has 3 aromatic rings. The molecule has 230 valence electrons. The number of ether oxygens (including phenoxy) is 2. The minimum absolute atomic E-state index is 0.0550. The Kier molecular flexibility index (Phi) is 9.14. The monoisotopic (exact) mass is 613 g/mol. The van der Waals surface area contributed by atoms with Gasteiger partial charge in [0.25, 0.3) is 0 Å². The van der Waals surface area contributed by atoms with Crippen LogP contribution in [0.25, 0.3) is 11.1 Å². The molecule has 0 aromatic heterocycles. The number of hydrogen-bond donors (Lipinski definition) is 3. The van der Waals surface area contributed by atoms with Gasteiger partial charge in [0, 0.05) is 53.2 Å². The minimum Gasteiger partial charge on any atom is -0.488 e.